The fraction of sp³-hybridized carbons (Fsp3) is 0.667. The van der Waals surface area contributed by atoms with Crippen LogP contribution < -0.4 is 11.3 Å². The second kappa shape index (κ2) is 3.74. The van der Waals surface area contributed by atoms with Crippen LogP contribution in [0.3, 0.4) is 0 Å². The first-order valence-electron chi connectivity index (χ1n) is 4.33. The molecule has 1 unspecified atom stereocenters. The van der Waals surface area contributed by atoms with Crippen LogP contribution in [-0.2, 0) is 0 Å². The van der Waals surface area contributed by atoms with Crippen molar-refractivity contribution < 1.29 is 0 Å². The van der Waals surface area contributed by atoms with Crippen LogP contribution in [0, 0.1) is 12.3 Å². The van der Waals surface area contributed by atoms with Gasteiger partial charge in [-0.15, -0.1) is 11.3 Å². The van der Waals surface area contributed by atoms with Gasteiger partial charge in [-0.3, -0.25) is 11.3 Å². The molecule has 0 aliphatic carbocycles. The van der Waals surface area contributed by atoms with E-state index in [9.17, 15) is 0 Å². The Morgan fingerprint density at radius 2 is 2.15 bits per heavy atom. The fourth-order valence-electron chi connectivity index (χ4n) is 1.29. The molecule has 0 spiro atoms. The number of hydrazine groups is 1. The fourth-order valence-corrected chi connectivity index (χ4v) is 1.93. The Labute approximate surface area is 83.3 Å². The number of aryl methyl sites for hydroxylation is 1. The first-order valence-corrected chi connectivity index (χ1v) is 5.21. The van der Waals surface area contributed by atoms with E-state index in [1.54, 1.807) is 11.3 Å². The SMILES string of the molecule is Cc1nc(C(NN)C(C)(C)C)cs1. The zero-order valence-electron chi connectivity index (χ0n) is 8.59. The molecule has 4 heteroatoms. The second-order valence-corrected chi connectivity index (χ2v) is 5.32. The van der Waals surface area contributed by atoms with Crippen molar-refractivity contribution in [3.8, 4) is 0 Å². The van der Waals surface area contributed by atoms with Gasteiger partial charge in [-0.25, -0.2) is 4.98 Å². The lowest BCUT2D eigenvalue weighted by molar-refractivity contribution is 0.271. The van der Waals surface area contributed by atoms with Crippen molar-refractivity contribution in [3.05, 3.63) is 16.1 Å². The molecule has 0 aromatic carbocycles. The summed E-state index contributed by atoms with van der Waals surface area (Å²) in [6.07, 6.45) is 0. The predicted octanol–water partition coefficient (Wildman–Crippen LogP) is 2.00. The summed E-state index contributed by atoms with van der Waals surface area (Å²) in [5.74, 6) is 5.51. The van der Waals surface area contributed by atoms with Gasteiger partial charge in [0.2, 0.25) is 0 Å². The minimum absolute atomic E-state index is 0.0925. The molecular weight excluding hydrogens is 182 g/mol. The molecule has 0 fully saturated rings. The van der Waals surface area contributed by atoms with E-state index < -0.39 is 0 Å². The second-order valence-electron chi connectivity index (χ2n) is 4.26. The van der Waals surface area contributed by atoms with Crippen LogP contribution >= 0.6 is 11.3 Å². The molecule has 74 valence electrons. The summed E-state index contributed by atoms with van der Waals surface area (Å²) < 4.78 is 0. The number of nitrogens with one attached hydrogen (secondary N) is 1. The van der Waals surface area contributed by atoms with Crippen LogP contribution in [0.5, 0.6) is 0 Å². The van der Waals surface area contributed by atoms with Gasteiger partial charge in [-0.2, -0.15) is 0 Å². The Kier molecular flexibility index (Phi) is 3.05. The minimum atomic E-state index is 0.0925. The van der Waals surface area contributed by atoms with Gasteiger partial charge in [0.05, 0.1) is 16.7 Å². The highest BCUT2D eigenvalue weighted by Crippen LogP contribution is 2.32. The third-order valence-electron chi connectivity index (χ3n) is 1.97. The Morgan fingerprint density at radius 3 is 2.46 bits per heavy atom. The van der Waals surface area contributed by atoms with Crippen LogP contribution in [0.4, 0.5) is 0 Å². The zero-order valence-corrected chi connectivity index (χ0v) is 9.40. The molecule has 0 amide bonds. The molecule has 1 atom stereocenters. The van der Waals surface area contributed by atoms with Gasteiger partial charge >= 0.3 is 0 Å². The maximum atomic E-state index is 5.51. The lowest BCUT2D eigenvalue weighted by Gasteiger charge is -2.28. The number of nitrogens with two attached hydrogens (primary N) is 1. The van der Waals surface area contributed by atoms with E-state index >= 15 is 0 Å². The van der Waals surface area contributed by atoms with E-state index in [2.05, 4.69) is 36.6 Å². The van der Waals surface area contributed by atoms with Crippen LogP contribution in [0.15, 0.2) is 5.38 Å². The molecule has 0 radical (unpaired) electrons. The maximum Gasteiger partial charge on any atom is 0.0898 e. The van der Waals surface area contributed by atoms with Crippen molar-refractivity contribution in [2.24, 2.45) is 11.3 Å². The van der Waals surface area contributed by atoms with E-state index in [1.165, 1.54) is 0 Å². The summed E-state index contributed by atoms with van der Waals surface area (Å²) in [5, 5.41) is 3.14. The summed E-state index contributed by atoms with van der Waals surface area (Å²) in [6, 6.07) is 0.123. The van der Waals surface area contributed by atoms with E-state index in [0.29, 0.717) is 0 Å². The molecule has 1 heterocycles. The third-order valence-corrected chi connectivity index (χ3v) is 2.76. The molecule has 1 aromatic rings. The monoisotopic (exact) mass is 199 g/mol. The number of thiazole rings is 1. The smallest absolute Gasteiger partial charge is 0.0898 e. The summed E-state index contributed by atoms with van der Waals surface area (Å²) in [5.41, 5.74) is 3.95. The zero-order chi connectivity index (χ0) is 10.1. The molecule has 0 aliphatic rings. The molecule has 0 bridgehead atoms. The molecule has 0 aliphatic heterocycles. The van der Waals surface area contributed by atoms with Gasteiger partial charge in [-0.05, 0) is 12.3 Å². The molecular formula is C9H17N3S. The third kappa shape index (κ3) is 2.49. The number of hydrogen-bond acceptors (Lipinski definition) is 4. The van der Waals surface area contributed by atoms with Gasteiger partial charge in [0.25, 0.3) is 0 Å². The van der Waals surface area contributed by atoms with Crippen LogP contribution in [0.1, 0.15) is 37.5 Å². The van der Waals surface area contributed by atoms with Crippen molar-refractivity contribution in [2.75, 3.05) is 0 Å². The van der Waals surface area contributed by atoms with Gasteiger partial charge in [-0.1, -0.05) is 20.8 Å². The summed E-state index contributed by atoms with van der Waals surface area (Å²) in [7, 11) is 0. The van der Waals surface area contributed by atoms with Crippen molar-refractivity contribution in [2.45, 2.75) is 33.7 Å². The Balaban J connectivity index is 2.91. The summed E-state index contributed by atoms with van der Waals surface area (Å²) >= 11 is 1.66. The first kappa shape index (κ1) is 10.6. The van der Waals surface area contributed by atoms with Gasteiger partial charge in [0, 0.05) is 5.38 Å². The van der Waals surface area contributed by atoms with Gasteiger partial charge in [0.15, 0.2) is 0 Å². The molecule has 3 nitrogen and oxygen atoms in total. The average molecular weight is 199 g/mol. The molecule has 0 saturated heterocycles. The van der Waals surface area contributed by atoms with Gasteiger partial charge < -0.3 is 0 Å². The van der Waals surface area contributed by atoms with E-state index in [4.69, 9.17) is 5.84 Å². The van der Waals surface area contributed by atoms with E-state index in [-0.39, 0.29) is 11.5 Å². The Bertz CT molecular complexity index is 275. The van der Waals surface area contributed by atoms with Crippen molar-refractivity contribution >= 4 is 11.3 Å². The van der Waals surface area contributed by atoms with Gasteiger partial charge in [0.1, 0.15) is 0 Å². The van der Waals surface area contributed by atoms with E-state index in [0.717, 1.165) is 10.7 Å². The quantitative estimate of drug-likeness (QED) is 0.566. The van der Waals surface area contributed by atoms with Crippen LogP contribution in [-0.4, -0.2) is 4.98 Å². The van der Waals surface area contributed by atoms with Crippen LogP contribution in [0.2, 0.25) is 0 Å². The summed E-state index contributed by atoms with van der Waals surface area (Å²) in [6.45, 7) is 8.44. The molecule has 0 saturated carbocycles. The number of rotatable bonds is 2. The topological polar surface area (TPSA) is 50.9 Å². The maximum absolute atomic E-state index is 5.51. The molecule has 1 aromatic heterocycles. The average Bonchev–Trinajstić information content (AvgIpc) is 2.34. The highest BCUT2D eigenvalue weighted by atomic mass is 32.1. The molecule has 13 heavy (non-hydrogen) atoms. The standard InChI is InChI=1S/C9H17N3S/c1-6-11-7(5-13-6)8(12-10)9(2,3)4/h5,8,12H,10H2,1-4H3. The first-order chi connectivity index (χ1) is 5.95. The normalized spacial score (nSPS) is 14.5. The van der Waals surface area contributed by atoms with Crippen molar-refractivity contribution in [1.29, 1.82) is 0 Å². The summed E-state index contributed by atoms with van der Waals surface area (Å²) in [4.78, 5) is 4.42. The lowest BCUT2D eigenvalue weighted by Crippen LogP contribution is -2.37. The number of aromatic nitrogens is 1. The largest absolute Gasteiger partial charge is 0.271 e. The predicted molar refractivity (Wildman–Crippen MR) is 56.4 cm³/mol. The Hall–Kier alpha value is -0.450. The van der Waals surface area contributed by atoms with Crippen molar-refractivity contribution in [1.82, 2.24) is 10.4 Å². The van der Waals surface area contributed by atoms with Crippen LogP contribution in [0.25, 0.3) is 0 Å². The molecule has 1 rings (SSSR count). The highest BCUT2D eigenvalue weighted by molar-refractivity contribution is 7.09. The Morgan fingerprint density at radius 1 is 1.54 bits per heavy atom. The highest BCUT2D eigenvalue weighted by Gasteiger charge is 2.26. The van der Waals surface area contributed by atoms with Crippen molar-refractivity contribution in [3.63, 3.8) is 0 Å². The minimum Gasteiger partial charge on any atom is -0.271 e. The number of nitrogens with zero attached hydrogens (tertiary/aromatic N) is 1. The number of hydrogen-bond donors (Lipinski definition) is 2. The lowest BCUT2D eigenvalue weighted by atomic mass is 9.85. The van der Waals surface area contributed by atoms with E-state index in [1.807, 2.05) is 6.92 Å². The molecule has 3 N–H and O–H groups in total.